The van der Waals surface area contributed by atoms with Crippen molar-refractivity contribution in [1.82, 2.24) is 4.98 Å². The van der Waals surface area contributed by atoms with Crippen LogP contribution in [-0.2, 0) is 0 Å². The Labute approximate surface area is 138 Å². The summed E-state index contributed by atoms with van der Waals surface area (Å²) in [5.41, 5.74) is 9.58. The summed E-state index contributed by atoms with van der Waals surface area (Å²) in [4.78, 5) is 8.90. The van der Waals surface area contributed by atoms with Gasteiger partial charge in [-0.15, -0.1) is 22.9 Å². The summed E-state index contributed by atoms with van der Waals surface area (Å²) < 4.78 is 0. The summed E-state index contributed by atoms with van der Waals surface area (Å²) >= 11 is 7.27. The fourth-order valence-corrected chi connectivity index (χ4v) is 2.92. The first-order valence-electron chi connectivity index (χ1n) is 6.76. The van der Waals surface area contributed by atoms with Crippen molar-refractivity contribution in [2.45, 2.75) is 0 Å². The van der Waals surface area contributed by atoms with Gasteiger partial charge in [0.05, 0.1) is 17.3 Å². The number of nitrogens with two attached hydrogens (primary N) is 1. The van der Waals surface area contributed by atoms with Crippen molar-refractivity contribution in [2.75, 3.05) is 5.88 Å². The molecule has 3 aromatic rings. The molecular weight excluding hydrogens is 314 g/mol. The zero-order valence-electron chi connectivity index (χ0n) is 11.7. The van der Waals surface area contributed by atoms with E-state index in [0.29, 0.717) is 5.84 Å². The van der Waals surface area contributed by atoms with Crippen LogP contribution in [0.15, 0.2) is 65.0 Å². The lowest BCUT2D eigenvalue weighted by atomic mass is 10.1. The normalized spacial score (nSPS) is 11.6. The Hall–Kier alpha value is -2.17. The third-order valence-electron chi connectivity index (χ3n) is 3.10. The zero-order chi connectivity index (χ0) is 15.4. The second kappa shape index (κ2) is 6.73. The molecule has 0 fully saturated rings. The fraction of sp³-hybridized carbons (Fsp3) is 0.0588. The number of nitrogens with zero attached hydrogens (tertiary/aromatic N) is 2. The van der Waals surface area contributed by atoms with Gasteiger partial charge in [-0.3, -0.25) is 0 Å². The standard InChI is InChI=1S/C17H14ClN3S/c18-10-16(19)20-14-8-6-12(7-9-14)15-11-22-17(21-15)13-4-2-1-3-5-13/h1-9,11H,10H2,(H2,19,20). The van der Waals surface area contributed by atoms with E-state index in [1.165, 1.54) is 0 Å². The summed E-state index contributed by atoms with van der Waals surface area (Å²) in [5, 5.41) is 3.08. The van der Waals surface area contributed by atoms with Crippen LogP contribution in [0, 0.1) is 0 Å². The molecule has 0 aliphatic heterocycles. The molecule has 0 bridgehead atoms. The number of halogens is 1. The molecule has 22 heavy (non-hydrogen) atoms. The predicted molar refractivity (Wildman–Crippen MR) is 95.0 cm³/mol. The average Bonchev–Trinajstić information content (AvgIpc) is 3.06. The van der Waals surface area contributed by atoms with Crippen LogP contribution in [0.3, 0.4) is 0 Å². The van der Waals surface area contributed by atoms with Crippen LogP contribution < -0.4 is 5.73 Å². The van der Waals surface area contributed by atoms with E-state index in [1.807, 2.05) is 42.5 Å². The number of benzene rings is 2. The molecule has 0 saturated heterocycles. The second-order valence-corrected chi connectivity index (χ2v) is 5.81. The highest BCUT2D eigenvalue weighted by Crippen LogP contribution is 2.29. The molecule has 2 N–H and O–H groups in total. The van der Waals surface area contributed by atoms with Gasteiger partial charge in [0.25, 0.3) is 0 Å². The van der Waals surface area contributed by atoms with Crippen LogP contribution in [0.25, 0.3) is 21.8 Å². The Balaban J connectivity index is 1.85. The Morgan fingerprint density at radius 2 is 1.77 bits per heavy atom. The van der Waals surface area contributed by atoms with Gasteiger partial charge in [0.15, 0.2) is 0 Å². The molecular formula is C17H14ClN3S. The summed E-state index contributed by atoms with van der Waals surface area (Å²) in [5.74, 6) is 0.642. The molecule has 0 unspecified atom stereocenters. The van der Waals surface area contributed by atoms with E-state index >= 15 is 0 Å². The summed E-state index contributed by atoms with van der Waals surface area (Å²) in [6, 6.07) is 18.0. The third-order valence-corrected chi connectivity index (χ3v) is 4.26. The van der Waals surface area contributed by atoms with Gasteiger partial charge >= 0.3 is 0 Å². The maximum atomic E-state index is 5.63. The minimum absolute atomic E-state index is 0.230. The molecule has 3 rings (SSSR count). The predicted octanol–water partition coefficient (Wildman–Crippen LogP) is 4.70. The van der Waals surface area contributed by atoms with Crippen LogP contribution in [0.2, 0.25) is 0 Å². The maximum absolute atomic E-state index is 5.63. The van der Waals surface area contributed by atoms with Crippen LogP contribution in [0.4, 0.5) is 5.69 Å². The molecule has 2 aromatic carbocycles. The molecule has 0 aliphatic rings. The van der Waals surface area contributed by atoms with E-state index in [-0.39, 0.29) is 5.88 Å². The highest BCUT2D eigenvalue weighted by molar-refractivity contribution is 7.13. The molecule has 1 heterocycles. The number of thiazole rings is 1. The molecule has 5 heteroatoms. The Morgan fingerprint density at radius 3 is 2.45 bits per heavy atom. The van der Waals surface area contributed by atoms with Crippen LogP contribution in [0.1, 0.15) is 0 Å². The van der Waals surface area contributed by atoms with Gasteiger partial charge in [-0.05, 0) is 12.1 Å². The van der Waals surface area contributed by atoms with Gasteiger partial charge in [-0.1, -0.05) is 42.5 Å². The molecule has 0 spiro atoms. The lowest BCUT2D eigenvalue weighted by Gasteiger charge is -1.99. The topological polar surface area (TPSA) is 51.3 Å². The van der Waals surface area contributed by atoms with Gasteiger partial charge in [0, 0.05) is 16.5 Å². The van der Waals surface area contributed by atoms with Crippen molar-refractivity contribution in [3.63, 3.8) is 0 Å². The first-order valence-corrected chi connectivity index (χ1v) is 8.18. The molecule has 0 aliphatic carbocycles. The third kappa shape index (κ3) is 3.35. The van der Waals surface area contributed by atoms with Gasteiger partial charge in [-0.25, -0.2) is 9.98 Å². The molecule has 0 radical (unpaired) electrons. The van der Waals surface area contributed by atoms with Gasteiger partial charge in [0.1, 0.15) is 10.8 Å². The number of hydrogen-bond donors (Lipinski definition) is 1. The minimum atomic E-state index is 0.230. The lowest BCUT2D eigenvalue weighted by Crippen LogP contribution is -2.12. The van der Waals surface area contributed by atoms with Gasteiger partial charge in [0.2, 0.25) is 0 Å². The van der Waals surface area contributed by atoms with Crippen molar-refractivity contribution in [1.29, 1.82) is 0 Å². The summed E-state index contributed by atoms with van der Waals surface area (Å²) in [6.45, 7) is 0. The second-order valence-electron chi connectivity index (χ2n) is 4.69. The Morgan fingerprint density at radius 1 is 1.05 bits per heavy atom. The number of amidine groups is 1. The minimum Gasteiger partial charge on any atom is -0.386 e. The van der Waals surface area contributed by atoms with Gasteiger partial charge < -0.3 is 5.73 Å². The number of rotatable bonds is 4. The number of aliphatic imine (C=N–C) groups is 1. The van der Waals surface area contributed by atoms with E-state index in [2.05, 4.69) is 22.5 Å². The Kier molecular flexibility index (Phi) is 4.51. The molecule has 3 nitrogen and oxygen atoms in total. The first-order chi connectivity index (χ1) is 10.8. The van der Waals surface area contributed by atoms with E-state index in [9.17, 15) is 0 Å². The molecule has 0 atom stereocenters. The van der Waals surface area contributed by atoms with Crippen LogP contribution in [0.5, 0.6) is 0 Å². The highest BCUT2D eigenvalue weighted by atomic mass is 35.5. The zero-order valence-corrected chi connectivity index (χ0v) is 13.3. The Bertz CT molecular complexity index is 779. The highest BCUT2D eigenvalue weighted by Gasteiger charge is 2.06. The van der Waals surface area contributed by atoms with E-state index in [0.717, 1.165) is 27.5 Å². The van der Waals surface area contributed by atoms with Crippen molar-refractivity contribution in [3.8, 4) is 21.8 Å². The van der Waals surface area contributed by atoms with Crippen molar-refractivity contribution in [2.24, 2.45) is 10.7 Å². The number of hydrogen-bond acceptors (Lipinski definition) is 3. The van der Waals surface area contributed by atoms with Crippen molar-refractivity contribution < 1.29 is 0 Å². The van der Waals surface area contributed by atoms with Crippen molar-refractivity contribution in [3.05, 3.63) is 60.0 Å². The fourth-order valence-electron chi connectivity index (χ4n) is 2.02. The molecule has 1 aromatic heterocycles. The van der Waals surface area contributed by atoms with Gasteiger partial charge in [-0.2, -0.15) is 0 Å². The van der Waals surface area contributed by atoms with Crippen molar-refractivity contribution >= 4 is 34.5 Å². The monoisotopic (exact) mass is 327 g/mol. The largest absolute Gasteiger partial charge is 0.386 e. The number of alkyl halides is 1. The number of aromatic nitrogens is 1. The molecule has 110 valence electrons. The van der Waals surface area contributed by atoms with E-state index in [1.54, 1.807) is 11.3 Å². The van der Waals surface area contributed by atoms with Crippen LogP contribution in [-0.4, -0.2) is 16.7 Å². The SMILES string of the molecule is NC(CCl)=Nc1ccc(-c2csc(-c3ccccc3)n2)cc1. The smallest absolute Gasteiger partial charge is 0.124 e. The summed E-state index contributed by atoms with van der Waals surface area (Å²) in [6.07, 6.45) is 0. The van der Waals surface area contributed by atoms with E-state index < -0.39 is 0 Å². The lowest BCUT2D eigenvalue weighted by molar-refractivity contribution is 1.39. The molecule has 0 saturated carbocycles. The first kappa shape index (κ1) is 14.8. The average molecular weight is 328 g/mol. The quantitative estimate of drug-likeness (QED) is 0.429. The molecule has 0 amide bonds. The summed E-state index contributed by atoms with van der Waals surface area (Å²) in [7, 11) is 0. The van der Waals surface area contributed by atoms with E-state index in [4.69, 9.17) is 22.3 Å². The maximum Gasteiger partial charge on any atom is 0.124 e. The van der Waals surface area contributed by atoms with Crippen LogP contribution >= 0.6 is 22.9 Å².